The van der Waals surface area contributed by atoms with Gasteiger partial charge in [-0.25, -0.2) is 0 Å². The number of carbonyl (C=O) groups is 3. The van der Waals surface area contributed by atoms with Crippen molar-refractivity contribution >= 4 is 40.9 Å². The lowest BCUT2D eigenvalue weighted by molar-refractivity contribution is -0.158. The lowest BCUT2D eigenvalue weighted by Gasteiger charge is -2.52. The highest BCUT2D eigenvalue weighted by atomic mass is 35.5. The van der Waals surface area contributed by atoms with Gasteiger partial charge in [0.05, 0.1) is 18.1 Å². The molecule has 5 nitrogen and oxygen atoms in total. The summed E-state index contributed by atoms with van der Waals surface area (Å²) in [6, 6.07) is 15.1. The van der Waals surface area contributed by atoms with Gasteiger partial charge in [-0.1, -0.05) is 68.2 Å². The van der Waals surface area contributed by atoms with Crippen molar-refractivity contribution in [2.24, 2.45) is 5.41 Å². The van der Waals surface area contributed by atoms with Gasteiger partial charge in [0.2, 0.25) is 5.91 Å². The van der Waals surface area contributed by atoms with E-state index in [1.165, 1.54) is 0 Å². The van der Waals surface area contributed by atoms with Gasteiger partial charge in [0, 0.05) is 28.4 Å². The molecule has 0 bridgehead atoms. The molecular formula is C29H35Cl2NO4. The summed E-state index contributed by atoms with van der Waals surface area (Å²) in [5.41, 5.74) is 1.03. The van der Waals surface area contributed by atoms with Gasteiger partial charge >= 0.3 is 5.97 Å². The molecule has 0 saturated carbocycles. The summed E-state index contributed by atoms with van der Waals surface area (Å²) in [6.45, 7) is 7.92. The van der Waals surface area contributed by atoms with E-state index in [1.807, 2.05) is 60.4 Å². The van der Waals surface area contributed by atoms with Gasteiger partial charge in [0.15, 0.2) is 0 Å². The fourth-order valence-corrected chi connectivity index (χ4v) is 5.82. The van der Waals surface area contributed by atoms with E-state index in [0.717, 1.165) is 24.0 Å². The highest BCUT2D eigenvalue weighted by Gasteiger charge is 2.51. The topological polar surface area (TPSA) is 63.7 Å². The van der Waals surface area contributed by atoms with Gasteiger partial charge < -0.3 is 9.64 Å². The molecule has 1 amide bonds. The number of benzene rings is 2. The van der Waals surface area contributed by atoms with Gasteiger partial charge in [-0.2, -0.15) is 0 Å². The van der Waals surface area contributed by atoms with Gasteiger partial charge in [-0.15, -0.1) is 0 Å². The maximum Gasteiger partial charge on any atom is 0.313 e. The van der Waals surface area contributed by atoms with Crippen molar-refractivity contribution in [2.75, 3.05) is 6.61 Å². The van der Waals surface area contributed by atoms with Crippen LogP contribution < -0.4 is 0 Å². The molecule has 0 aliphatic carbocycles. The van der Waals surface area contributed by atoms with Crippen LogP contribution in [0.15, 0.2) is 48.5 Å². The number of carbonyl (C=O) groups excluding carboxylic acids is 3. The summed E-state index contributed by atoms with van der Waals surface area (Å²) in [6.07, 6.45) is 1.66. The SMILES string of the molecule is CCOC(=O)CC(=O)C[C@@]1(C)C[C@H](c2cccc(Cl)c2)[C@@H](c2ccc(Cl)cc2)N(C(CC)CC)C1=O. The number of halogens is 2. The molecule has 1 heterocycles. The van der Waals surface area contributed by atoms with E-state index in [1.54, 1.807) is 6.92 Å². The molecule has 0 radical (unpaired) electrons. The third-order valence-corrected chi connectivity index (χ3v) is 7.65. The molecule has 2 aromatic rings. The molecular weight excluding hydrogens is 497 g/mol. The van der Waals surface area contributed by atoms with E-state index in [2.05, 4.69) is 13.8 Å². The molecule has 1 aliphatic heterocycles. The molecule has 1 fully saturated rings. The maximum atomic E-state index is 14.3. The number of hydrogen-bond donors (Lipinski definition) is 0. The maximum absolute atomic E-state index is 14.3. The Morgan fingerprint density at radius 1 is 1.03 bits per heavy atom. The first-order valence-electron chi connectivity index (χ1n) is 12.6. The predicted octanol–water partition coefficient (Wildman–Crippen LogP) is 7.16. The van der Waals surface area contributed by atoms with Crippen LogP contribution in [-0.4, -0.2) is 35.2 Å². The average Bonchev–Trinajstić information content (AvgIpc) is 2.83. The predicted molar refractivity (Wildman–Crippen MR) is 143 cm³/mol. The fraction of sp³-hybridized carbons (Fsp3) is 0.483. The Balaban J connectivity index is 2.12. The second kappa shape index (κ2) is 12.2. The molecule has 194 valence electrons. The molecule has 2 aromatic carbocycles. The lowest BCUT2D eigenvalue weighted by atomic mass is 9.66. The van der Waals surface area contributed by atoms with Crippen molar-refractivity contribution in [3.8, 4) is 0 Å². The van der Waals surface area contributed by atoms with Crippen molar-refractivity contribution in [2.45, 2.75) is 77.8 Å². The zero-order valence-corrected chi connectivity index (χ0v) is 22.9. The second-order valence-corrected chi connectivity index (χ2v) is 10.7. The molecule has 1 aliphatic rings. The van der Waals surface area contributed by atoms with Crippen molar-refractivity contribution < 1.29 is 19.1 Å². The Bertz CT molecular complexity index is 1080. The number of piperidine rings is 1. The van der Waals surface area contributed by atoms with Gasteiger partial charge in [-0.3, -0.25) is 14.4 Å². The summed E-state index contributed by atoms with van der Waals surface area (Å²) < 4.78 is 4.96. The standard InChI is InChI=1S/C29H35Cl2NO4/c1-5-23(6-2)32-27(19-11-13-21(30)14-12-19)25(20-9-8-10-22(31)15-20)18-29(4,28(32)35)17-24(33)16-26(34)36-7-3/h8-15,23,25,27H,5-7,16-18H2,1-4H3/t25-,27-,29+/m1/s1. The molecule has 3 atom stereocenters. The van der Waals surface area contributed by atoms with Gasteiger partial charge in [0.1, 0.15) is 12.2 Å². The van der Waals surface area contributed by atoms with Gasteiger partial charge in [0.25, 0.3) is 0 Å². The second-order valence-electron chi connectivity index (χ2n) is 9.80. The smallest absolute Gasteiger partial charge is 0.313 e. The lowest BCUT2D eigenvalue weighted by Crippen LogP contribution is -2.56. The van der Waals surface area contributed by atoms with E-state index >= 15 is 0 Å². The van der Waals surface area contributed by atoms with Crippen molar-refractivity contribution in [3.05, 3.63) is 69.7 Å². The van der Waals surface area contributed by atoms with E-state index in [4.69, 9.17) is 27.9 Å². The Morgan fingerprint density at radius 3 is 2.28 bits per heavy atom. The van der Waals surface area contributed by atoms with E-state index < -0.39 is 11.4 Å². The van der Waals surface area contributed by atoms with Crippen LogP contribution in [0.1, 0.15) is 82.9 Å². The molecule has 7 heteroatoms. The van der Waals surface area contributed by atoms with E-state index in [-0.39, 0.29) is 49.1 Å². The van der Waals surface area contributed by atoms with Crippen LogP contribution in [0.25, 0.3) is 0 Å². The van der Waals surface area contributed by atoms with Crippen molar-refractivity contribution in [1.29, 1.82) is 0 Å². The Hall–Kier alpha value is -2.37. The number of rotatable bonds is 10. The van der Waals surface area contributed by atoms with Crippen LogP contribution in [0.3, 0.4) is 0 Å². The van der Waals surface area contributed by atoms with E-state index in [9.17, 15) is 14.4 Å². The first-order chi connectivity index (χ1) is 17.1. The van der Waals surface area contributed by atoms with Crippen LogP contribution >= 0.6 is 23.2 Å². The quantitative estimate of drug-likeness (QED) is 0.241. The monoisotopic (exact) mass is 531 g/mol. The number of esters is 1. The number of likely N-dealkylation sites (tertiary alicyclic amines) is 1. The highest BCUT2D eigenvalue weighted by molar-refractivity contribution is 6.30. The zero-order valence-electron chi connectivity index (χ0n) is 21.4. The van der Waals surface area contributed by atoms with Crippen molar-refractivity contribution in [3.63, 3.8) is 0 Å². The number of amides is 1. The van der Waals surface area contributed by atoms with Crippen molar-refractivity contribution in [1.82, 2.24) is 4.90 Å². The summed E-state index contributed by atoms with van der Waals surface area (Å²) in [5, 5.41) is 1.25. The summed E-state index contributed by atoms with van der Waals surface area (Å²) in [5.74, 6) is -1.02. The normalized spacial score (nSPS) is 22.1. The van der Waals surface area contributed by atoms with Crippen LogP contribution in [0.2, 0.25) is 10.0 Å². The number of Topliss-reactive ketones (excluding diaryl/α,β-unsaturated/α-hetero) is 1. The Kier molecular flexibility index (Phi) is 9.59. The number of ether oxygens (including phenoxy) is 1. The summed E-state index contributed by atoms with van der Waals surface area (Å²) in [7, 11) is 0. The third-order valence-electron chi connectivity index (χ3n) is 7.16. The van der Waals surface area contributed by atoms with Gasteiger partial charge in [-0.05, 0) is 61.6 Å². The Morgan fingerprint density at radius 2 is 1.69 bits per heavy atom. The summed E-state index contributed by atoms with van der Waals surface area (Å²) in [4.78, 5) is 41.1. The minimum absolute atomic E-state index is 0.0142. The fourth-order valence-electron chi connectivity index (χ4n) is 5.50. The zero-order chi connectivity index (χ0) is 26.5. The van der Waals surface area contributed by atoms with Crippen LogP contribution in [0, 0.1) is 5.41 Å². The minimum atomic E-state index is -0.970. The molecule has 0 spiro atoms. The third kappa shape index (κ3) is 6.30. The number of hydrogen-bond acceptors (Lipinski definition) is 4. The molecule has 0 aromatic heterocycles. The van der Waals surface area contributed by atoms with Crippen LogP contribution in [0.4, 0.5) is 0 Å². The average molecular weight is 533 g/mol. The largest absolute Gasteiger partial charge is 0.466 e. The first-order valence-corrected chi connectivity index (χ1v) is 13.4. The number of nitrogens with zero attached hydrogens (tertiary/aromatic N) is 1. The van der Waals surface area contributed by atoms with Crippen LogP contribution in [-0.2, 0) is 19.1 Å². The number of ketones is 1. The molecule has 3 rings (SSSR count). The van der Waals surface area contributed by atoms with Crippen LogP contribution in [0.5, 0.6) is 0 Å². The first kappa shape index (κ1) is 28.2. The molecule has 1 saturated heterocycles. The minimum Gasteiger partial charge on any atom is -0.466 e. The Labute approximate surface area is 224 Å². The molecule has 0 N–H and O–H groups in total. The highest BCUT2D eigenvalue weighted by Crippen LogP contribution is 2.52. The molecule has 0 unspecified atom stereocenters. The van der Waals surface area contributed by atoms with E-state index in [0.29, 0.717) is 16.5 Å². The summed E-state index contributed by atoms with van der Waals surface area (Å²) >= 11 is 12.6. The molecule has 36 heavy (non-hydrogen) atoms.